The molecule has 4 heteroatoms. The molecule has 0 atom stereocenters. The Kier molecular flexibility index (Phi) is 4.46. The van der Waals surface area contributed by atoms with Crippen molar-refractivity contribution in [3.8, 4) is 0 Å². The lowest BCUT2D eigenvalue weighted by Crippen LogP contribution is -2.10. The first kappa shape index (κ1) is 13.9. The van der Waals surface area contributed by atoms with Crippen LogP contribution >= 0.6 is 15.9 Å². The Labute approximate surface area is 110 Å². The van der Waals surface area contributed by atoms with Crippen molar-refractivity contribution in [1.82, 2.24) is 4.98 Å². The van der Waals surface area contributed by atoms with Crippen molar-refractivity contribution in [2.45, 2.75) is 27.2 Å². The van der Waals surface area contributed by atoms with E-state index in [0.717, 1.165) is 10.0 Å². The first-order valence-corrected chi connectivity index (χ1v) is 6.19. The summed E-state index contributed by atoms with van der Waals surface area (Å²) in [7, 11) is 0. The van der Waals surface area contributed by atoms with E-state index in [4.69, 9.17) is 5.73 Å². The van der Waals surface area contributed by atoms with E-state index in [1.807, 2.05) is 26.8 Å². The summed E-state index contributed by atoms with van der Waals surface area (Å²) in [6.07, 6.45) is 5.42. The standard InChI is InChI=1S/C13H17BrN2O/c1-13(2,3)7-11(17)5-4-9-6-10(14)8-16-12(9)15/h4-6,8H,7H2,1-3H3,(H2,15,16)/b5-4+. The van der Waals surface area contributed by atoms with E-state index in [9.17, 15) is 4.79 Å². The maximum atomic E-state index is 11.7. The van der Waals surface area contributed by atoms with Crippen molar-refractivity contribution in [3.05, 3.63) is 28.4 Å². The normalized spacial score (nSPS) is 12.0. The van der Waals surface area contributed by atoms with Crippen LogP contribution in [-0.4, -0.2) is 10.8 Å². The highest BCUT2D eigenvalue weighted by atomic mass is 79.9. The van der Waals surface area contributed by atoms with Crippen molar-refractivity contribution in [2.24, 2.45) is 5.41 Å². The van der Waals surface area contributed by atoms with Crippen molar-refractivity contribution >= 4 is 33.6 Å². The van der Waals surface area contributed by atoms with E-state index < -0.39 is 0 Å². The van der Waals surface area contributed by atoms with Gasteiger partial charge in [-0.05, 0) is 39.6 Å². The molecule has 0 radical (unpaired) electrons. The van der Waals surface area contributed by atoms with E-state index in [1.54, 1.807) is 18.3 Å². The van der Waals surface area contributed by atoms with Gasteiger partial charge in [0.05, 0.1) is 0 Å². The SMILES string of the molecule is CC(C)(C)CC(=O)/C=C/c1cc(Br)cnc1N. The van der Waals surface area contributed by atoms with Gasteiger partial charge in [-0.2, -0.15) is 0 Å². The Bertz CT molecular complexity index is 447. The van der Waals surface area contributed by atoms with Crippen molar-refractivity contribution in [2.75, 3.05) is 5.73 Å². The van der Waals surface area contributed by atoms with Gasteiger partial charge in [0.1, 0.15) is 5.82 Å². The average molecular weight is 297 g/mol. The van der Waals surface area contributed by atoms with E-state index in [0.29, 0.717) is 12.2 Å². The van der Waals surface area contributed by atoms with Gasteiger partial charge in [0.2, 0.25) is 0 Å². The monoisotopic (exact) mass is 296 g/mol. The lowest BCUT2D eigenvalue weighted by atomic mass is 9.90. The topological polar surface area (TPSA) is 56.0 Å². The molecule has 1 heterocycles. The molecule has 0 unspecified atom stereocenters. The third-order valence-corrected chi connectivity index (χ3v) is 2.50. The highest BCUT2D eigenvalue weighted by molar-refractivity contribution is 9.10. The predicted molar refractivity (Wildman–Crippen MR) is 74.5 cm³/mol. The number of nitrogen functional groups attached to an aromatic ring is 1. The van der Waals surface area contributed by atoms with Crippen LogP contribution in [0, 0.1) is 5.41 Å². The van der Waals surface area contributed by atoms with Crippen molar-refractivity contribution in [3.63, 3.8) is 0 Å². The summed E-state index contributed by atoms with van der Waals surface area (Å²) in [5, 5.41) is 0. The Morgan fingerprint density at radius 3 is 2.76 bits per heavy atom. The first-order chi connectivity index (χ1) is 7.78. The van der Waals surface area contributed by atoms with Crippen LogP contribution in [0.3, 0.4) is 0 Å². The lowest BCUT2D eigenvalue weighted by Gasteiger charge is -2.15. The van der Waals surface area contributed by atoms with Crippen LogP contribution in [0.2, 0.25) is 0 Å². The molecule has 1 aromatic heterocycles. The van der Waals surface area contributed by atoms with Gasteiger partial charge in [-0.1, -0.05) is 20.8 Å². The zero-order valence-corrected chi connectivity index (χ0v) is 11.9. The molecule has 0 aliphatic heterocycles. The van der Waals surface area contributed by atoms with E-state index in [2.05, 4.69) is 20.9 Å². The number of nitrogens with zero attached hydrogens (tertiary/aromatic N) is 1. The molecule has 0 saturated carbocycles. The number of anilines is 1. The number of ketones is 1. The minimum Gasteiger partial charge on any atom is -0.383 e. The summed E-state index contributed by atoms with van der Waals surface area (Å²) in [6.45, 7) is 6.11. The van der Waals surface area contributed by atoms with Gasteiger partial charge in [-0.15, -0.1) is 0 Å². The second-order valence-electron chi connectivity index (χ2n) is 5.17. The zero-order chi connectivity index (χ0) is 13.1. The van der Waals surface area contributed by atoms with Gasteiger partial charge < -0.3 is 5.73 Å². The number of carbonyl (C=O) groups excluding carboxylic acids is 1. The van der Waals surface area contributed by atoms with Gasteiger partial charge in [0.25, 0.3) is 0 Å². The summed E-state index contributed by atoms with van der Waals surface area (Å²) >= 11 is 3.32. The van der Waals surface area contributed by atoms with E-state index >= 15 is 0 Å². The maximum Gasteiger partial charge on any atom is 0.156 e. The molecule has 0 aromatic carbocycles. The molecule has 0 amide bonds. The first-order valence-electron chi connectivity index (χ1n) is 5.40. The summed E-state index contributed by atoms with van der Waals surface area (Å²) in [4.78, 5) is 15.7. The van der Waals surface area contributed by atoms with Gasteiger partial charge in [-0.3, -0.25) is 4.79 Å². The van der Waals surface area contributed by atoms with Crippen LogP contribution < -0.4 is 5.73 Å². The number of carbonyl (C=O) groups is 1. The summed E-state index contributed by atoms with van der Waals surface area (Å²) < 4.78 is 0.842. The summed E-state index contributed by atoms with van der Waals surface area (Å²) in [5.74, 6) is 0.518. The number of hydrogen-bond donors (Lipinski definition) is 1. The van der Waals surface area contributed by atoms with Gasteiger partial charge >= 0.3 is 0 Å². The molecular formula is C13H17BrN2O. The van der Waals surface area contributed by atoms with Crippen LogP contribution in [-0.2, 0) is 4.79 Å². The molecule has 17 heavy (non-hydrogen) atoms. The number of hydrogen-bond acceptors (Lipinski definition) is 3. The Hall–Kier alpha value is -1.16. The third-order valence-electron chi connectivity index (χ3n) is 2.07. The molecule has 0 fully saturated rings. The molecule has 0 bridgehead atoms. The number of nitrogens with two attached hydrogens (primary N) is 1. The zero-order valence-electron chi connectivity index (χ0n) is 10.3. The number of pyridine rings is 1. The number of rotatable bonds is 3. The van der Waals surface area contributed by atoms with Crippen LogP contribution in [0.25, 0.3) is 6.08 Å². The summed E-state index contributed by atoms with van der Waals surface area (Å²) in [6, 6.07) is 1.84. The largest absolute Gasteiger partial charge is 0.383 e. The molecule has 0 aliphatic rings. The number of halogens is 1. The van der Waals surface area contributed by atoms with E-state index in [1.165, 1.54) is 0 Å². The fourth-order valence-electron chi connectivity index (χ4n) is 1.36. The summed E-state index contributed by atoms with van der Waals surface area (Å²) in [5.41, 5.74) is 6.46. The van der Waals surface area contributed by atoms with Gasteiger partial charge in [0, 0.05) is 22.7 Å². The molecule has 92 valence electrons. The minimum absolute atomic E-state index is 0.00247. The molecule has 0 spiro atoms. The second-order valence-corrected chi connectivity index (χ2v) is 6.08. The van der Waals surface area contributed by atoms with Crippen LogP contribution in [0.5, 0.6) is 0 Å². The smallest absolute Gasteiger partial charge is 0.156 e. The Morgan fingerprint density at radius 1 is 1.53 bits per heavy atom. The third kappa shape index (κ3) is 5.13. The molecule has 1 aromatic rings. The van der Waals surface area contributed by atoms with Crippen molar-refractivity contribution in [1.29, 1.82) is 0 Å². The second kappa shape index (κ2) is 5.45. The Morgan fingerprint density at radius 2 is 2.18 bits per heavy atom. The Balaban J connectivity index is 2.77. The van der Waals surface area contributed by atoms with E-state index in [-0.39, 0.29) is 11.2 Å². The fraction of sp³-hybridized carbons (Fsp3) is 0.385. The molecular weight excluding hydrogens is 280 g/mol. The molecule has 0 saturated heterocycles. The predicted octanol–water partition coefficient (Wildman–Crippen LogP) is 3.44. The van der Waals surface area contributed by atoms with Gasteiger partial charge in [-0.25, -0.2) is 4.98 Å². The number of allylic oxidation sites excluding steroid dienone is 1. The molecule has 0 aliphatic carbocycles. The van der Waals surface area contributed by atoms with Gasteiger partial charge in [0.15, 0.2) is 5.78 Å². The highest BCUT2D eigenvalue weighted by Gasteiger charge is 2.13. The molecule has 1 rings (SSSR count). The fourth-order valence-corrected chi connectivity index (χ4v) is 1.71. The van der Waals surface area contributed by atoms with Crippen molar-refractivity contribution < 1.29 is 4.79 Å². The van der Waals surface area contributed by atoms with Crippen LogP contribution in [0.4, 0.5) is 5.82 Å². The molecule has 3 nitrogen and oxygen atoms in total. The quantitative estimate of drug-likeness (QED) is 0.869. The maximum absolute atomic E-state index is 11.7. The lowest BCUT2D eigenvalue weighted by molar-refractivity contribution is -0.116. The molecule has 2 N–H and O–H groups in total. The minimum atomic E-state index is 0.00247. The van der Waals surface area contributed by atoms with Crippen LogP contribution in [0.15, 0.2) is 22.8 Å². The highest BCUT2D eigenvalue weighted by Crippen LogP contribution is 2.20. The number of aromatic nitrogens is 1. The average Bonchev–Trinajstić information content (AvgIpc) is 2.17. The van der Waals surface area contributed by atoms with Crippen LogP contribution in [0.1, 0.15) is 32.8 Å².